The van der Waals surface area contributed by atoms with Gasteiger partial charge >= 0.3 is 0 Å². The zero-order chi connectivity index (χ0) is 20.8. The Balaban J connectivity index is 1.71. The van der Waals surface area contributed by atoms with Gasteiger partial charge in [-0.05, 0) is 67.9 Å². The molecule has 0 aliphatic carbocycles. The summed E-state index contributed by atoms with van der Waals surface area (Å²) in [5, 5.41) is 3.45. The number of rotatable bonds is 8. The summed E-state index contributed by atoms with van der Waals surface area (Å²) in [5.41, 5.74) is 2.44. The van der Waals surface area contributed by atoms with E-state index in [1.165, 1.54) is 0 Å². The Morgan fingerprint density at radius 3 is 2.55 bits per heavy atom. The van der Waals surface area contributed by atoms with Crippen molar-refractivity contribution >= 4 is 45.2 Å². The van der Waals surface area contributed by atoms with Crippen LogP contribution in [0.3, 0.4) is 0 Å². The molecule has 29 heavy (non-hydrogen) atoms. The van der Waals surface area contributed by atoms with Gasteiger partial charge in [-0.3, -0.25) is 9.69 Å². The Hall–Kier alpha value is -2.38. The average molecular weight is 475 g/mol. The van der Waals surface area contributed by atoms with E-state index in [-0.39, 0.29) is 5.91 Å². The Morgan fingerprint density at radius 1 is 1.10 bits per heavy atom. The number of halogens is 1. The first kappa shape index (κ1) is 21.3. The van der Waals surface area contributed by atoms with E-state index < -0.39 is 0 Å². The summed E-state index contributed by atoms with van der Waals surface area (Å²) >= 11 is 8.88. The molecule has 0 aromatic heterocycles. The van der Waals surface area contributed by atoms with Crippen molar-refractivity contribution in [1.29, 1.82) is 0 Å². The van der Waals surface area contributed by atoms with Gasteiger partial charge in [0.15, 0.2) is 16.6 Å². The molecule has 7 heteroatoms. The maximum Gasteiger partial charge on any atom is 0.276 e. The van der Waals surface area contributed by atoms with Gasteiger partial charge < -0.3 is 14.8 Å². The van der Waals surface area contributed by atoms with Crippen molar-refractivity contribution in [3.05, 3.63) is 63.8 Å². The molecule has 1 amide bonds. The molecule has 0 saturated carbocycles. The number of amides is 1. The molecule has 2 aromatic carbocycles. The molecule has 1 aliphatic heterocycles. The van der Waals surface area contributed by atoms with Gasteiger partial charge in [-0.25, -0.2) is 0 Å². The quantitative estimate of drug-likeness (QED) is 0.449. The number of thiocarbonyl (C=S) groups is 1. The second-order valence-corrected chi connectivity index (χ2v) is 7.60. The van der Waals surface area contributed by atoms with Gasteiger partial charge in [0.25, 0.3) is 5.91 Å². The van der Waals surface area contributed by atoms with E-state index in [1.54, 1.807) is 4.90 Å². The van der Waals surface area contributed by atoms with E-state index in [0.29, 0.717) is 37.0 Å². The lowest BCUT2D eigenvalue weighted by Gasteiger charge is -2.15. The lowest BCUT2D eigenvalue weighted by atomic mass is 10.1. The predicted octanol–water partition coefficient (Wildman–Crippen LogP) is 4.55. The molecule has 0 radical (unpaired) electrons. The first-order valence-corrected chi connectivity index (χ1v) is 10.7. The molecular weight excluding hydrogens is 452 g/mol. The second kappa shape index (κ2) is 9.89. The summed E-state index contributed by atoms with van der Waals surface area (Å²) < 4.78 is 12.2. The standard InChI is InChI=1S/C22H23BrN2O3S/c1-3-27-19-10-9-15(13-20(19)28-4-2)11-12-25-21(26)18(24-22(25)29)14-16-7-5-6-8-17(16)23/h5-10,13-14H,3-4,11-12H2,1-2H3,(H,24,29)/b18-14+. The average Bonchev–Trinajstić information content (AvgIpc) is 2.97. The molecule has 1 N–H and O–H groups in total. The summed E-state index contributed by atoms with van der Waals surface area (Å²) in [6.07, 6.45) is 2.46. The predicted molar refractivity (Wildman–Crippen MR) is 122 cm³/mol. The highest BCUT2D eigenvalue weighted by atomic mass is 79.9. The Bertz CT molecular complexity index is 945. The van der Waals surface area contributed by atoms with Gasteiger partial charge in [-0.15, -0.1) is 0 Å². The maximum absolute atomic E-state index is 12.8. The van der Waals surface area contributed by atoms with Crippen molar-refractivity contribution in [2.75, 3.05) is 19.8 Å². The zero-order valence-corrected chi connectivity index (χ0v) is 18.8. The lowest BCUT2D eigenvalue weighted by Crippen LogP contribution is -2.32. The van der Waals surface area contributed by atoms with Crippen molar-refractivity contribution in [3.8, 4) is 11.5 Å². The highest BCUT2D eigenvalue weighted by Crippen LogP contribution is 2.29. The third-order valence-corrected chi connectivity index (χ3v) is 5.44. The van der Waals surface area contributed by atoms with Crippen LogP contribution in [-0.4, -0.2) is 35.7 Å². The number of hydrogen-bond donors (Lipinski definition) is 1. The van der Waals surface area contributed by atoms with Crippen LogP contribution in [0.25, 0.3) is 6.08 Å². The highest BCUT2D eigenvalue weighted by Gasteiger charge is 2.30. The van der Waals surface area contributed by atoms with Crippen LogP contribution >= 0.6 is 28.1 Å². The fraction of sp³-hybridized carbons (Fsp3) is 0.273. The zero-order valence-electron chi connectivity index (χ0n) is 16.4. The van der Waals surface area contributed by atoms with Crippen LogP contribution in [0.15, 0.2) is 52.6 Å². The van der Waals surface area contributed by atoms with Crippen molar-refractivity contribution in [3.63, 3.8) is 0 Å². The molecule has 5 nitrogen and oxygen atoms in total. The van der Waals surface area contributed by atoms with Crippen molar-refractivity contribution < 1.29 is 14.3 Å². The van der Waals surface area contributed by atoms with Crippen LogP contribution in [0.4, 0.5) is 0 Å². The summed E-state index contributed by atoms with van der Waals surface area (Å²) in [6, 6.07) is 13.6. The third-order valence-electron chi connectivity index (χ3n) is 4.40. The number of ether oxygens (including phenoxy) is 2. The van der Waals surface area contributed by atoms with E-state index in [2.05, 4.69) is 21.2 Å². The fourth-order valence-electron chi connectivity index (χ4n) is 3.01. The van der Waals surface area contributed by atoms with Crippen LogP contribution in [0, 0.1) is 0 Å². The van der Waals surface area contributed by atoms with Gasteiger partial charge in [0.1, 0.15) is 5.70 Å². The molecule has 152 valence electrons. The molecule has 2 aromatic rings. The molecule has 1 aliphatic rings. The minimum Gasteiger partial charge on any atom is -0.490 e. The molecule has 1 fully saturated rings. The largest absolute Gasteiger partial charge is 0.490 e. The van der Waals surface area contributed by atoms with Crippen LogP contribution in [0.5, 0.6) is 11.5 Å². The van der Waals surface area contributed by atoms with E-state index in [9.17, 15) is 4.79 Å². The van der Waals surface area contributed by atoms with E-state index in [4.69, 9.17) is 21.7 Å². The first-order chi connectivity index (χ1) is 14.0. The fourth-order valence-corrected chi connectivity index (χ4v) is 3.70. The molecule has 0 unspecified atom stereocenters. The van der Waals surface area contributed by atoms with Crippen LogP contribution in [0.1, 0.15) is 25.0 Å². The number of hydrogen-bond acceptors (Lipinski definition) is 4. The molecule has 1 saturated heterocycles. The molecule has 1 heterocycles. The summed E-state index contributed by atoms with van der Waals surface area (Å²) in [5.74, 6) is 1.32. The molecular formula is C22H23BrN2O3S. The summed E-state index contributed by atoms with van der Waals surface area (Å²) in [4.78, 5) is 14.4. The van der Waals surface area contributed by atoms with E-state index in [0.717, 1.165) is 27.1 Å². The van der Waals surface area contributed by atoms with Gasteiger partial charge in [-0.2, -0.15) is 0 Å². The van der Waals surface area contributed by atoms with Gasteiger partial charge in [0.05, 0.1) is 13.2 Å². The normalized spacial score (nSPS) is 15.0. The van der Waals surface area contributed by atoms with Crippen LogP contribution in [-0.2, 0) is 11.2 Å². The summed E-state index contributed by atoms with van der Waals surface area (Å²) in [6.45, 7) is 5.50. The summed E-state index contributed by atoms with van der Waals surface area (Å²) in [7, 11) is 0. The Kier molecular flexibility index (Phi) is 7.28. The second-order valence-electron chi connectivity index (χ2n) is 6.36. The number of carbonyl (C=O) groups excluding carboxylic acids is 1. The van der Waals surface area contributed by atoms with Crippen molar-refractivity contribution in [2.24, 2.45) is 0 Å². The highest BCUT2D eigenvalue weighted by molar-refractivity contribution is 9.10. The SMILES string of the molecule is CCOc1ccc(CCN2C(=O)/C(=C\c3ccccc3Br)NC2=S)cc1OCC. The Morgan fingerprint density at radius 2 is 1.83 bits per heavy atom. The lowest BCUT2D eigenvalue weighted by molar-refractivity contribution is -0.122. The maximum atomic E-state index is 12.8. The molecule has 3 rings (SSSR count). The van der Waals surface area contributed by atoms with Crippen molar-refractivity contribution in [1.82, 2.24) is 10.2 Å². The Labute approximate surface area is 184 Å². The van der Waals surface area contributed by atoms with E-state index in [1.807, 2.05) is 62.4 Å². The third kappa shape index (κ3) is 5.16. The number of nitrogens with zero attached hydrogens (tertiary/aromatic N) is 1. The van der Waals surface area contributed by atoms with Gasteiger partial charge in [0.2, 0.25) is 0 Å². The minimum atomic E-state index is -0.123. The van der Waals surface area contributed by atoms with Crippen molar-refractivity contribution in [2.45, 2.75) is 20.3 Å². The number of nitrogens with one attached hydrogen (secondary N) is 1. The number of benzene rings is 2. The van der Waals surface area contributed by atoms with E-state index >= 15 is 0 Å². The first-order valence-electron chi connectivity index (χ1n) is 9.51. The topological polar surface area (TPSA) is 50.8 Å². The molecule has 0 atom stereocenters. The van der Waals surface area contributed by atoms with Gasteiger partial charge in [0, 0.05) is 11.0 Å². The van der Waals surface area contributed by atoms with Crippen LogP contribution in [0.2, 0.25) is 0 Å². The smallest absolute Gasteiger partial charge is 0.276 e. The minimum absolute atomic E-state index is 0.123. The molecule has 0 spiro atoms. The van der Waals surface area contributed by atoms with Crippen LogP contribution < -0.4 is 14.8 Å². The molecule has 0 bridgehead atoms. The number of carbonyl (C=O) groups is 1. The monoisotopic (exact) mass is 474 g/mol. The van der Waals surface area contributed by atoms with Gasteiger partial charge in [-0.1, -0.05) is 40.2 Å².